The average molecular weight is 550 g/mol. The lowest BCUT2D eigenvalue weighted by Gasteiger charge is -2.31. The molecule has 1 aliphatic heterocycles. The van der Waals surface area contributed by atoms with Crippen LogP contribution in [0.2, 0.25) is 0 Å². The molecule has 1 aliphatic rings. The van der Waals surface area contributed by atoms with Gasteiger partial charge >= 0.3 is 0 Å². The van der Waals surface area contributed by atoms with Crippen LogP contribution < -0.4 is 15.6 Å². The van der Waals surface area contributed by atoms with Crippen molar-refractivity contribution >= 4 is 11.8 Å². The van der Waals surface area contributed by atoms with E-state index in [9.17, 15) is 4.79 Å². The van der Waals surface area contributed by atoms with Crippen molar-refractivity contribution in [2.24, 2.45) is 4.99 Å². The van der Waals surface area contributed by atoms with E-state index >= 15 is 0 Å². The van der Waals surface area contributed by atoms with E-state index in [1.807, 2.05) is 110 Å². The van der Waals surface area contributed by atoms with Crippen molar-refractivity contribution < 1.29 is 19.4 Å². The van der Waals surface area contributed by atoms with E-state index in [-0.39, 0.29) is 12.5 Å². The Kier molecular flexibility index (Phi) is 9.08. The van der Waals surface area contributed by atoms with Gasteiger partial charge in [-0.2, -0.15) is 0 Å². The number of carbonyl (C=O) groups is 1. The first-order valence-electron chi connectivity index (χ1n) is 13.9. The lowest BCUT2D eigenvalue weighted by molar-refractivity contribution is -0.130. The number of nitrogens with one attached hydrogen (secondary N) is 2. The maximum absolute atomic E-state index is 14.2. The second-order valence-corrected chi connectivity index (χ2v) is 10.2. The first-order chi connectivity index (χ1) is 20.1. The zero-order valence-electron chi connectivity index (χ0n) is 23.1. The zero-order chi connectivity index (χ0) is 28.5. The fourth-order valence-electron chi connectivity index (χ4n) is 4.97. The Balaban J connectivity index is 1.48. The van der Waals surface area contributed by atoms with Crippen LogP contribution in [0.25, 0.3) is 0 Å². The summed E-state index contributed by atoms with van der Waals surface area (Å²) >= 11 is 0. The zero-order valence-corrected chi connectivity index (χ0v) is 23.1. The third-order valence-electron chi connectivity index (χ3n) is 7.03. The molecule has 1 heterocycles. The highest BCUT2D eigenvalue weighted by Gasteiger charge is 2.53. The number of hydrogen-bond donors (Lipinski definition) is 3. The summed E-state index contributed by atoms with van der Waals surface area (Å²) in [5, 5.41) is 9.02. The van der Waals surface area contributed by atoms with Crippen LogP contribution in [0.15, 0.2) is 114 Å². The molecule has 5 rings (SSSR count). The van der Waals surface area contributed by atoms with Crippen LogP contribution >= 0.6 is 0 Å². The topological polar surface area (TPSA) is 92.2 Å². The molecular formula is C34H35N3O4. The van der Waals surface area contributed by atoms with Crippen LogP contribution in [-0.2, 0) is 22.5 Å². The van der Waals surface area contributed by atoms with E-state index < -0.39 is 11.6 Å². The summed E-state index contributed by atoms with van der Waals surface area (Å²) in [7, 11) is 0. The number of aliphatic hydroxyl groups excluding tert-OH is 1. The van der Waals surface area contributed by atoms with Crippen molar-refractivity contribution in [3.63, 3.8) is 0 Å². The highest BCUT2D eigenvalue weighted by molar-refractivity contribution is 6.01. The quantitative estimate of drug-likeness (QED) is 0.169. The molecule has 0 saturated carbocycles. The van der Waals surface area contributed by atoms with Gasteiger partial charge in [0.1, 0.15) is 5.75 Å². The molecule has 0 saturated heterocycles. The van der Waals surface area contributed by atoms with Gasteiger partial charge in [0.25, 0.3) is 5.91 Å². The molecule has 4 aromatic rings. The van der Waals surface area contributed by atoms with Gasteiger partial charge in [-0.1, -0.05) is 90.5 Å². The molecule has 4 aromatic carbocycles. The Labute approximate surface area is 240 Å². The minimum atomic E-state index is -1.27. The molecule has 0 aliphatic carbocycles. The lowest BCUT2D eigenvalue weighted by Crippen LogP contribution is -2.53. The monoisotopic (exact) mass is 549 g/mol. The van der Waals surface area contributed by atoms with Crippen LogP contribution in [0.1, 0.15) is 40.3 Å². The fourth-order valence-corrected chi connectivity index (χ4v) is 4.97. The molecule has 1 amide bonds. The number of aliphatic imine (C=N–C) groups is 1. The van der Waals surface area contributed by atoms with Crippen molar-refractivity contribution in [1.29, 1.82) is 0 Å². The maximum atomic E-state index is 14.2. The smallest absolute Gasteiger partial charge is 0.266 e. The maximum Gasteiger partial charge on any atom is 0.266 e. The minimum absolute atomic E-state index is 0.0784. The predicted octanol–water partition coefficient (Wildman–Crippen LogP) is 5.08. The van der Waals surface area contributed by atoms with Crippen LogP contribution in [-0.4, -0.2) is 35.7 Å². The molecular weight excluding hydrogens is 514 g/mol. The number of carbonyl (C=O) groups excluding carboxylic acids is 1. The standard InChI is InChI=1S/C34H35N3O4/c1-25-10-8-13-27(22-25)24-35-37-33(39)34(23-26-11-4-2-5-12-26)31(28-14-6-3-7-15-28)41-32(36-34)29-16-18-30(19-17-29)40-21-9-20-38/h2-8,10-19,22,31,35,38H,9,20-21,23-24H2,1H3,(H,37,39)/t31-,34-/m0/s1. The Morgan fingerprint density at radius 3 is 2.34 bits per heavy atom. The molecule has 0 radical (unpaired) electrons. The number of nitrogens with zero attached hydrogens (tertiary/aromatic N) is 1. The fraction of sp³-hybridized carbons (Fsp3) is 0.235. The number of aliphatic hydroxyl groups is 1. The van der Waals surface area contributed by atoms with Crippen molar-refractivity contribution in [3.8, 4) is 5.75 Å². The van der Waals surface area contributed by atoms with Gasteiger partial charge in [-0.05, 0) is 47.9 Å². The van der Waals surface area contributed by atoms with Gasteiger partial charge in [0.05, 0.1) is 6.61 Å². The summed E-state index contributed by atoms with van der Waals surface area (Å²) in [6, 6.07) is 35.2. The Morgan fingerprint density at radius 1 is 0.927 bits per heavy atom. The van der Waals surface area contributed by atoms with Gasteiger partial charge < -0.3 is 14.6 Å². The Hall–Kier alpha value is -4.46. The van der Waals surface area contributed by atoms with E-state index in [4.69, 9.17) is 19.6 Å². The molecule has 3 N–H and O–H groups in total. The third kappa shape index (κ3) is 6.82. The number of rotatable bonds is 12. The predicted molar refractivity (Wildman–Crippen MR) is 159 cm³/mol. The molecule has 41 heavy (non-hydrogen) atoms. The van der Waals surface area contributed by atoms with Crippen LogP contribution in [0.5, 0.6) is 5.75 Å². The molecule has 0 aromatic heterocycles. The molecule has 2 atom stereocenters. The summed E-state index contributed by atoms with van der Waals surface area (Å²) in [5.41, 5.74) is 9.60. The number of aryl methyl sites for hydroxylation is 1. The van der Waals surface area contributed by atoms with Crippen molar-refractivity contribution in [3.05, 3.63) is 137 Å². The molecule has 210 valence electrons. The number of amides is 1. The molecule has 7 nitrogen and oxygen atoms in total. The van der Waals surface area contributed by atoms with E-state index in [0.717, 1.165) is 27.8 Å². The SMILES string of the molecule is Cc1cccc(CNNC(=O)[C@@]2(Cc3ccccc3)N=C(c3ccc(OCCCO)cc3)O[C@H]2c2ccccc2)c1. The summed E-state index contributed by atoms with van der Waals surface area (Å²) < 4.78 is 12.2. The van der Waals surface area contributed by atoms with E-state index in [1.54, 1.807) is 0 Å². The van der Waals surface area contributed by atoms with Gasteiger partial charge in [0.15, 0.2) is 11.6 Å². The van der Waals surface area contributed by atoms with Crippen LogP contribution in [0, 0.1) is 6.92 Å². The second kappa shape index (κ2) is 13.3. The molecule has 7 heteroatoms. The Morgan fingerprint density at radius 2 is 1.63 bits per heavy atom. The summed E-state index contributed by atoms with van der Waals surface area (Å²) in [5.74, 6) is 0.807. The van der Waals surface area contributed by atoms with Crippen molar-refractivity contribution in [2.75, 3.05) is 13.2 Å². The number of ether oxygens (including phenoxy) is 2. The highest BCUT2D eigenvalue weighted by atomic mass is 16.5. The average Bonchev–Trinajstić information content (AvgIpc) is 3.39. The highest BCUT2D eigenvalue weighted by Crippen LogP contribution is 2.42. The van der Waals surface area contributed by atoms with E-state index in [0.29, 0.717) is 37.6 Å². The van der Waals surface area contributed by atoms with E-state index in [2.05, 4.69) is 16.9 Å². The number of hydrogen-bond acceptors (Lipinski definition) is 6. The first-order valence-corrected chi connectivity index (χ1v) is 13.9. The second-order valence-electron chi connectivity index (χ2n) is 10.2. The summed E-state index contributed by atoms with van der Waals surface area (Å²) in [6.07, 6.45) is 0.253. The molecule has 0 fully saturated rings. The van der Waals surface area contributed by atoms with Gasteiger partial charge in [0.2, 0.25) is 5.90 Å². The molecule has 0 spiro atoms. The minimum Gasteiger partial charge on any atom is -0.494 e. The largest absolute Gasteiger partial charge is 0.494 e. The van der Waals surface area contributed by atoms with Crippen molar-refractivity contribution in [2.45, 2.75) is 38.0 Å². The number of hydrazine groups is 1. The first kappa shape index (κ1) is 28.1. The van der Waals surface area contributed by atoms with Gasteiger partial charge in [0, 0.05) is 31.6 Å². The van der Waals surface area contributed by atoms with E-state index in [1.165, 1.54) is 0 Å². The Bertz CT molecular complexity index is 1460. The number of benzene rings is 4. The normalized spacial score (nSPS) is 17.9. The van der Waals surface area contributed by atoms with Gasteiger partial charge in [-0.25, -0.2) is 10.4 Å². The molecule has 0 bridgehead atoms. The van der Waals surface area contributed by atoms with Gasteiger partial charge in [-0.3, -0.25) is 10.2 Å². The summed E-state index contributed by atoms with van der Waals surface area (Å²) in [6.45, 7) is 3.02. The van der Waals surface area contributed by atoms with Crippen LogP contribution in [0.4, 0.5) is 0 Å². The van der Waals surface area contributed by atoms with Gasteiger partial charge in [-0.15, -0.1) is 0 Å². The van der Waals surface area contributed by atoms with Crippen LogP contribution in [0.3, 0.4) is 0 Å². The molecule has 0 unspecified atom stereocenters. The third-order valence-corrected chi connectivity index (χ3v) is 7.03. The summed E-state index contributed by atoms with van der Waals surface area (Å²) in [4.78, 5) is 19.2. The lowest BCUT2D eigenvalue weighted by atomic mass is 9.82. The van der Waals surface area contributed by atoms with Crippen molar-refractivity contribution in [1.82, 2.24) is 10.9 Å².